The molecule has 1 aromatic rings. The van der Waals surface area contributed by atoms with Crippen LogP contribution in [0.2, 0.25) is 0 Å². The van der Waals surface area contributed by atoms with E-state index in [0.29, 0.717) is 26.1 Å². The number of imide groups is 1. The van der Waals surface area contributed by atoms with Crippen molar-refractivity contribution in [3.63, 3.8) is 0 Å². The van der Waals surface area contributed by atoms with E-state index in [-0.39, 0.29) is 30.2 Å². The first-order valence-corrected chi connectivity index (χ1v) is 9.44. The monoisotopic (exact) mass is 376 g/mol. The molecule has 3 N–H and O–H groups in total. The van der Waals surface area contributed by atoms with Gasteiger partial charge in [0.2, 0.25) is 0 Å². The van der Waals surface area contributed by atoms with E-state index >= 15 is 0 Å². The van der Waals surface area contributed by atoms with Crippen LogP contribution in [0.25, 0.3) is 0 Å². The summed E-state index contributed by atoms with van der Waals surface area (Å²) in [6, 6.07) is 6.82. The van der Waals surface area contributed by atoms with E-state index in [2.05, 4.69) is 16.0 Å². The lowest BCUT2D eigenvalue weighted by Gasteiger charge is -2.39. The molecule has 2 heterocycles. The van der Waals surface area contributed by atoms with E-state index in [1.54, 1.807) is 0 Å². The molecular weight excluding hydrogens is 348 g/mol. The van der Waals surface area contributed by atoms with E-state index in [4.69, 9.17) is 9.47 Å². The van der Waals surface area contributed by atoms with Crippen molar-refractivity contribution in [3.05, 3.63) is 29.8 Å². The summed E-state index contributed by atoms with van der Waals surface area (Å²) < 4.78 is 10.9. The van der Waals surface area contributed by atoms with Gasteiger partial charge in [0.1, 0.15) is 5.75 Å². The molecule has 0 saturated carbocycles. The van der Waals surface area contributed by atoms with Crippen LogP contribution in [0.3, 0.4) is 0 Å². The Labute approximate surface area is 159 Å². The highest BCUT2D eigenvalue weighted by molar-refractivity contribution is 5.96. The highest BCUT2D eigenvalue weighted by atomic mass is 16.5. The Bertz CT molecular complexity index is 640. The van der Waals surface area contributed by atoms with Crippen LogP contribution < -0.4 is 20.7 Å². The van der Waals surface area contributed by atoms with Crippen molar-refractivity contribution in [3.8, 4) is 5.75 Å². The molecule has 1 aromatic carbocycles. The van der Waals surface area contributed by atoms with Crippen LogP contribution in [0.1, 0.15) is 45.2 Å². The van der Waals surface area contributed by atoms with Crippen molar-refractivity contribution in [2.75, 3.05) is 13.2 Å². The van der Waals surface area contributed by atoms with Crippen LogP contribution in [0.4, 0.5) is 9.59 Å². The number of amides is 4. The maximum Gasteiger partial charge on any atom is 0.328 e. The number of nitrogens with one attached hydrogen (secondary N) is 3. The molecule has 2 fully saturated rings. The fraction of sp³-hybridized carbons (Fsp3) is 0.579. The molecule has 8 heteroatoms. The van der Waals surface area contributed by atoms with Gasteiger partial charge in [0.05, 0.1) is 6.10 Å². The number of hydrogen-bond acceptors (Lipinski definition) is 5. The zero-order valence-corrected chi connectivity index (χ0v) is 16.0. The summed E-state index contributed by atoms with van der Waals surface area (Å²) in [6.07, 6.45) is 0.834. The summed E-state index contributed by atoms with van der Waals surface area (Å²) >= 11 is 0. The van der Waals surface area contributed by atoms with E-state index in [1.165, 1.54) is 4.90 Å². The fourth-order valence-electron chi connectivity index (χ4n) is 3.33. The maximum atomic E-state index is 12.4. The SMILES string of the molecule is CC(C)Oc1ccc([C@H](C)NC2NC(=O)N(C3CCOCC3)C(=O)N2)cc1. The lowest BCUT2D eigenvalue weighted by Crippen LogP contribution is -2.70. The largest absolute Gasteiger partial charge is 0.491 e. The third-order valence-electron chi connectivity index (χ3n) is 4.70. The fourth-order valence-corrected chi connectivity index (χ4v) is 3.33. The smallest absolute Gasteiger partial charge is 0.328 e. The molecule has 1 atom stereocenters. The predicted molar refractivity (Wildman–Crippen MR) is 100 cm³/mol. The molecule has 0 aliphatic carbocycles. The minimum Gasteiger partial charge on any atom is -0.491 e. The molecule has 2 aliphatic rings. The van der Waals surface area contributed by atoms with Crippen LogP contribution in [0, 0.1) is 0 Å². The van der Waals surface area contributed by atoms with Gasteiger partial charge in [-0.15, -0.1) is 0 Å². The van der Waals surface area contributed by atoms with Gasteiger partial charge in [-0.1, -0.05) is 12.1 Å². The van der Waals surface area contributed by atoms with Gasteiger partial charge in [-0.3, -0.25) is 5.32 Å². The van der Waals surface area contributed by atoms with Crippen LogP contribution in [-0.4, -0.2) is 48.6 Å². The minimum atomic E-state index is -0.623. The van der Waals surface area contributed by atoms with Gasteiger partial charge in [0, 0.05) is 25.3 Å². The molecule has 0 bridgehead atoms. The highest BCUT2D eigenvalue weighted by Crippen LogP contribution is 2.20. The summed E-state index contributed by atoms with van der Waals surface area (Å²) in [5.74, 6) is 0.812. The van der Waals surface area contributed by atoms with Gasteiger partial charge in [0.25, 0.3) is 0 Å². The number of ether oxygens (including phenoxy) is 2. The third-order valence-corrected chi connectivity index (χ3v) is 4.70. The number of carbonyl (C=O) groups is 2. The van der Waals surface area contributed by atoms with Crippen LogP contribution in [0.5, 0.6) is 5.75 Å². The normalized spacial score (nSPS) is 20.4. The molecule has 2 saturated heterocycles. The zero-order valence-electron chi connectivity index (χ0n) is 16.0. The number of nitrogens with zero attached hydrogens (tertiary/aromatic N) is 1. The van der Waals surface area contributed by atoms with Gasteiger partial charge < -0.3 is 20.1 Å². The van der Waals surface area contributed by atoms with E-state index < -0.39 is 6.29 Å². The summed E-state index contributed by atoms with van der Waals surface area (Å²) in [7, 11) is 0. The number of urea groups is 2. The van der Waals surface area contributed by atoms with Crippen LogP contribution in [-0.2, 0) is 4.74 Å². The van der Waals surface area contributed by atoms with Gasteiger partial charge in [-0.25, -0.2) is 14.5 Å². The van der Waals surface area contributed by atoms with Crippen LogP contribution in [0.15, 0.2) is 24.3 Å². The molecule has 0 radical (unpaired) electrons. The molecule has 148 valence electrons. The van der Waals surface area contributed by atoms with Crippen molar-refractivity contribution in [1.29, 1.82) is 0 Å². The van der Waals surface area contributed by atoms with Gasteiger partial charge in [-0.2, -0.15) is 0 Å². The summed E-state index contributed by atoms with van der Waals surface area (Å²) in [4.78, 5) is 26.1. The average Bonchev–Trinajstić information content (AvgIpc) is 2.62. The Morgan fingerprint density at radius 1 is 1.07 bits per heavy atom. The molecule has 2 aliphatic heterocycles. The Morgan fingerprint density at radius 3 is 2.22 bits per heavy atom. The molecule has 0 unspecified atom stereocenters. The van der Waals surface area contributed by atoms with Gasteiger partial charge in [0.15, 0.2) is 6.29 Å². The highest BCUT2D eigenvalue weighted by Gasteiger charge is 2.37. The lowest BCUT2D eigenvalue weighted by molar-refractivity contribution is 0.0492. The van der Waals surface area contributed by atoms with Crippen molar-refractivity contribution >= 4 is 12.1 Å². The standard InChI is InChI=1S/C19H28N4O4/c1-12(2)27-16-6-4-14(5-7-16)13(3)20-17-21-18(24)23(19(25)22-17)15-8-10-26-11-9-15/h4-7,12-13,15,17,20H,8-11H2,1-3H3,(H,21,24)(H,22,25)/t13-/m0/s1. The van der Waals surface area contributed by atoms with Crippen molar-refractivity contribution in [1.82, 2.24) is 20.9 Å². The average molecular weight is 376 g/mol. The molecule has 8 nitrogen and oxygen atoms in total. The molecular formula is C19H28N4O4. The summed E-state index contributed by atoms with van der Waals surface area (Å²) in [6.45, 7) is 7.07. The minimum absolute atomic E-state index is 0.0710. The first-order chi connectivity index (χ1) is 12.9. The molecule has 27 heavy (non-hydrogen) atoms. The van der Waals surface area contributed by atoms with E-state index in [1.807, 2.05) is 45.0 Å². The van der Waals surface area contributed by atoms with E-state index in [9.17, 15) is 9.59 Å². The maximum absolute atomic E-state index is 12.4. The summed E-state index contributed by atoms with van der Waals surface area (Å²) in [5.41, 5.74) is 1.03. The zero-order chi connectivity index (χ0) is 19.4. The Balaban J connectivity index is 1.56. The Hall–Kier alpha value is -2.32. The van der Waals surface area contributed by atoms with Crippen LogP contribution >= 0.6 is 0 Å². The second kappa shape index (κ2) is 8.58. The number of rotatable bonds is 6. The number of hydrogen-bond donors (Lipinski definition) is 3. The second-order valence-electron chi connectivity index (χ2n) is 7.17. The van der Waals surface area contributed by atoms with Crippen molar-refractivity contribution in [2.24, 2.45) is 0 Å². The molecule has 3 rings (SSSR count). The second-order valence-corrected chi connectivity index (χ2v) is 7.17. The lowest BCUT2D eigenvalue weighted by atomic mass is 10.1. The van der Waals surface area contributed by atoms with Crippen molar-refractivity contribution in [2.45, 2.75) is 58.1 Å². The number of benzene rings is 1. The molecule has 4 amide bonds. The molecule has 0 spiro atoms. The van der Waals surface area contributed by atoms with E-state index in [0.717, 1.165) is 11.3 Å². The first kappa shape index (κ1) is 19.4. The summed E-state index contributed by atoms with van der Waals surface area (Å²) in [5, 5.41) is 8.85. The van der Waals surface area contributed by atoms with Gasteiger partial charge in [-0.05, 0) is 51.3 Å². The van der Waals surface area contributed by atoms with Gasteiger partial charge >= 0.3 is 12.1 Å². The third kappa shape index (κ3) is 4.90. The molecule has 0 aromatic heterocycles. The Morgan fingerprint density at radius 2 is 1.67 bits per heavy atom. The Kier molecular flexibility index (Phi) is 6.18. The predicted octanol–water partition coefficient (Wildman–Crippen LogP) is 2.32. The first-order valence-electron chi connectivity index (χ1n) is 9.44. The topological polar surface area (TPSA) is 91.9 Å². The number of carbonyl (C=O) groups excluding carboxylic acids is 2. The quantitative estimate of drug-likeness (QED) is 0.709. The van der Waals surface area contributed by atoms with Crippen molar-refractivity contribution < 1.29 is 19.1 Å².